The molecule has 0 aliphatic carbocycles. The number of urea groups is 1. The number of hydrogen-bond donors (Lipinski definition) is 2. The number of benzene rings is 2. The summed E-state index contributed by atoms with van der Waals surface area (Å²) in [6.45, 7) is 2.47. The molecular formula is C21H25N3O4. The second-order valence-corrected chi connectivity index (χ2v) is 6.65. The van der Waals surface area contributed by atoms with Gasteiger partial charge in [0.15, 0.2) is 0 Å². The van der Waals surface area contributed by atoms with E-state index in [4.69, 9.17) is 9.47 Å². The first kappa shape index (κ1) is 19.5. The molecule has 2 aromatic rings. The van der Waals surface area contributed by atoms with Gasteiger partial charge in [-0.25, -0.2) is 4.79 Å². The van der Waals surface area contributed by atoms with E-state index >= 15 is 0 Å². The van der Waals surface area contributed by atoms with Gasteiger partial charge in [-0.05, 0) is 43.5 Å². The monoisotopic (exact) mass is 383 g/mol. The minimum absolute atomic E-state index is 0.235. The van der Waals surface area contributed by atoms with E-state index in [0.717, 1.165) is 17.7 Å². The Hall–Kier alpha value is -3.22. The molecule has 0 saturated carbocycles. The predicted octanol–water partition coefficient (Wildman–Crippen LogP) is 3.65. The molecule has 7 heteroatoms. The molecule has 0 spiro atoms. The summed E-state index contributed by atoms with van der Waals surface area (Å²) in [5.74, 6) is 0.900. The van der Waals surface area contributed by atoms with Crippen molar-refractivity contribution in [3.05, 3.63) is 48.0 Å². The Bertz CT molecular complexity index is 868. The van der Waals surface area contributed by atoms with Gasteiger partial charge in [-0.3, -0.25) is 4.79 Å². The van der Waals surface area contributed by atoms with Gasteiger partial charge >= 0.3 is 6.03 Å². The van der Waals surface area contributed by atoms with Crippen molar-refractivity contribution in [2.75, 3.05) is 31.4 Å². The zero-order valence-electron chi connectivity index (χ0n) is 16.3. The number of para-hydroxylation sites is 1. The van der Waals surface area contributed by atoms with Crippen molar-refractivity contribution in [1.82, 2.24) is 4.90 Å². The van der Waals surface area contributed by atoms with Gasteiger partial charge in [0, 0.05) is 18.3 Å². The smallest absolute Gasteiger partial charge is 0.322 e. The lowest BCUT2D eigenvalue weighted by Crippen LogP contribution is -2.45. The molecule has 3 amide bonds. The van der Waals surface area contributed by atoms with Gasteiger partial charge in [0.05, 0.1) is 19.9 Å². The van der Waals surface area contributed by atoms with E-state index < -0.39 is 6.04 Å². The fourth-order valence-electron chi connectivity index (χ4n) is 3.30. The predicted molar refractivity (Wildman–Crippen MR) is 108 cm³/mol. The molecular weight excluding hydrogens is 358 g/mol. The standard InChI is InChI=1S/C21H25N3O4/c1-14-7-4-5-8-16(14)23-21(26)24-12-6-9-18(24)20(25)22-17-11-10-15(27-2)13-19(17)28-3/h4-5,7-8,10-11,13,18H,6,9,12H2,1-3H3,(H,22,25)(H,23,26)/t18-/m0/s1. The molecule has 3 rings (SSSR count). The lowest BCUT2D eigenvalue weighted by molar-refractivity contribution is -0.119. The summed E-state index contributed by atoms with van der Waals surface area (Å²) in [4.78, 5) is 27.2. The maximum Gasteiger partial charge on any atom is 0.322 e. The molecule has 0 bridgehead atoms. The molecule has 0 unspecified atom stereocenters. The maximum absolute atomic E-state index is 12.9. The number of carbonyl (C=O) groups excluding carboxylic acids is 2. The topological polar surface area (TPSA) is 79.9 Å². The van der Waals surface area contributed by atoms with Gasteiger partial charge in [0.2, 0.25) is 5.91 Å². The van der Waals surface area contributed by atoms with E-state index in [1.807, 2.05) is 31.2 Å². The van der Waals surface area contributed by atoms with Gasteiger partial charge in [-0.2, -0.15) is 0 Å². The van der Waals surface area contributed by atoms with Crippen LogP contribution in [0.4, 0.5) is 16.2 Å². The second kappa shape index (κ2) is 8.65. The van der Waals surface area contributed by atoms with Crippen LogP contribution in [0.5, 0.6) is 11.5 Å². The number of methoxy groups -OCH3 is 2. The molecule has 0 radical (unpaired) electrons. The molecule has 148 valence electrons. The number of nitrogens with zero attached hydrogens (tertiary/aromatic N) is 1. The molecule has 1 fully saturated rings. The Kier molecular flexibility index (Phi) is 6.03. The van der Waals surface area contributed by atoms with E-state index in [1.165, 1.54) is 7.11 Å². The zero-order valence-corrected chi connectivity index (χ0v) is 16.3. The molecule has 1 atom stereocenters. The van der Waals surface area contributed by atoms with Crippen molar-refractivity contribution < 1.29 is 19.1 Å². The second-order valence-electron chi connectivity index (χ2n) is 6.65. The largest absolute Gasteiger partial charge is 0.497 e. The Morgan fingerprint density at radius 2 is 1.82 bits per heavy atom. The third kappa shape index (κ3) is 4.19. The van der Waals surface area contributed by atoms with E-state index in [0.29, 0.717) is 30.2 Å². The molecule has 0 aromatic heterocycles. The lowest BCUT2D eigenvalue weighted by atomic mass is 10.2. The SMILES string of the molecule is COc1ccc(NC(=O)[C@@H]2CCCN2C(=O)Nc2ccccc2C)c(OC)c1. The highest BCUT2D eigenvalue weighted by molar-refractivity contribution is 6.00. The Labute approximate surface area is 164 Å². The van der Waals surface area contributed by atoms with Gasteiger partial charge < -0.3 is 25.0 Å². The zero-order chi connectivity index (χ0) is 20.1. The molecule has 2 N–H and O–H groups in total. The first-order chi connectivity index (χ1) is 13.5. The van der Waals surface area contributed by atoms with Crippen LogP contribution in [0.1, 0.15) is 18.4 Å². The number of nitrogens with one attached hydrogen (secondary N) is 2. The van der Waals surface area contributed by atoms with Gasteiger partial charge in [-0.1, -0.05) is 18.2 Å². The van der Waals surface area contributed by atoms with Gasteiger partial charge in [-0.15, -0.1) is 0 Å². The average Bonchev–Trinajstić information content (AvgIpc) is 3.20. The summed E-state index contributed by atoms with van der Waals surface area (Å²) in [5, 5.41) is 5.78. The Morgan fingerprint density at radius 1 is 1.04 bits per heavy atom. The van der Waals surface area contributed by atoms with Crippen molar-refractivity contribution >= 4 is 23.3 Å². The van der Waals surface area contributed by atoms with Crippen molar-refractivity contribution in [2.24, 2.45) is 0 Å². The average molecular weight is 383 g/mol. The normalized spacial score (nSPS) is 15.8. The lowest BCUT2D eigenvalue weighted by Gasteiger charge is -2.25. The van der Waals surface area contributed by atoms with E-state index in [-0.39, 0.29) is 11.9 Å². The minimum Gasteiger partial charge on any atom is -0.497 e. The number of hydrogen-bond acceptors (Lipinski definition) is 4. The van der Waals surface area contributed by atoms with Crippen LogP contribution in [0.2, 0.25) is 0 Å². The molecule has 2 aromatic carbocycles. The van der Waals surface area contributed by atoms with Crippen LogP contribution >= 0.6 is 0 Å². The third-order valence-electron chi connectivity index (χ3n) is 4.87. The Balaban J connectivity index is 1.71. The maximum atomic E-state index is 12.9. The summed E-state index contributed by atoms with van der Waals surface area (Å²) in [6, 6.07) is 11.9. The van der Waals surface area contributed by atoms with Crippen molar-refractivity contribution in [3.8, 4) is 11.5 Å². The molecule has 7 nitrogen and oxygen atoms in total. The van der Waals surface area contributed by atoms with Crippen LogP contribution in [0, 0.1) is 6.92 Å². The van der Waals surface area contributed by atoms with Crippen molar-refractivity contribution in [1.29, 1.82) is 0 Å². The number of amides is 3. The summed E-state index contributed by atoms with van der Waals surface area (Å²) < 4.78 is 10.5. The van der Waals surface area contributed by atoms with Crippen LogP contribution in [0.15, 0.2) is 42.5 Å². The summed E-state index contributed by atoms with van der Waals surface area (Å²) >= 11 is 0. The number of ether oxygens (including phenoxy) is 2. The van der Waals surface area contributed by atoms with Crippen molar-refractivity contribution in [3.63, 3.8) is 0 Å². The fraction of sp³-hybridized carbons (Fsp3) is 0.333. The van der Waals surface area contributed by atoms with Crippen LogP contribution < -0.4 is 20.1 Å². The number of anilines is 2. The molecule has 1 aliphatic rings. The fourth-order valence-corrected chi connectivity index (χ4v) is 3.30. The van der Waals surface area contributed by atoms with Crippen LogP contribution in [-0.2, 0) is 4.79 Å². The summed E-state index contributed by atoms with van der Waals surface area (Å²) in [6.07, 6.45) is 1.39. The summed E-state index contributed by atoms with van der Waals surface area (Å²) in [5.41, 5.74) is 2.26. The molecule has 28 heavy (non-hydrogen) atoms. The van der Waals surface area contributed by atoms with E-state index in [2.05, 4.69) is 10.6 Å². The number of carbonyl (C=O) groups is 2. The highest BCUT2D eigenvalue weighted by Gasteiger charge is 2.34. The number of likely N-dealkylation sites (tertiary alicyclic amines) is 1. The number of rotatable bonds is 5. The van der Waals surface area contributed by atoms with Crippen LogP contribution in [0.25, 0.3) is 0 Å². The first-order valence-corrected chi connectivity index (χ1v) is 9.19. The highest BCUT2D eigenvalue weighted by Crippen LogP contribution is 2.30. The van der Waals surface area contributed by atoms with Crippen molar-refractivity contribution in [2.45, 2.75) is 25.8 Å². The molecule has 1 heterocycles. The van der Waals surface area contributed by atoms with Crippen LogP contribution in [0.3, 0.4) is 0 Å². The molecule has 1 aliphatic heterocycles. The van der Waals surface area contributed by atoms with E-state index in [1.54, 1.807) is 30.2 Å². The van der Waals surface area contributed by atoms with Crippen LogP contribution in [-0.4, -0.2) is 43.6 Å². The highest BCUT2D eigenvalue weighted by atomic mass is 16.5. The quantitative estimate of drug-likeness (QED) is 0.826. The first-order valence-electron chi connectivity index (χ1n) is 9.19. The Morgan fingerprint density at radius 3 is 2.54 bits per heavy atom. The number of aryl methyl sites for hydroxylation is 1. The molecule has 1 saturated heterocycles. The minimum atomic E-state index is -0.532. The summed E-state index contributed by atoms with van der Waals surface area (Å²) in [7, 11) is 3.10. The van der Waals surface area contributed by atoms with Gasteiger partial charge in [0.1, 0.15) is 17.5 Å². The van der Waals surface area contributed by atoms with E-state index in [9.17, 15) is 9.59 Å². The van der Waals surface area contributed by atoms with Gasteiger partial charge in [0.25, 0.3) is 0 Å². The third-order valence-corrected chi connectivity index (χ3v) is 4.87.